The van der Waals surface area contributed by atoms with Crippen LogP contribution in [0.1, 0.15) is 25.3 Å². The van der Waals surface area contributed by atoms with Crippen molar-refractivity contribution in [2.45, 2.75) is 26.4 Å². The van der Waals surface area contributed by atoms with Crippen LogP contribution in [0, 0.1) is 0 Å². The maximum Gasteiger partial charge on any atom is 0.308 e. The van der Waals surface area contributed by atoms with E-state index in [0.29, 0.717) is 26.2 Å². The monoisotopic (exact) mass is 222 g/mol. The van der Waals surface area contributed by atoms with Gasteiger partial charge >= 0.3 is 5.97 Å². The van der Waals surface area contributed by atoms with Crippen molar-refractivity contribution in [1.82, 2.24) is 0 Å². The second kappa shape index (κ2) is 7.88. The first kappa shape index (κ1) is 12.7. The minimum absolute atomic E-state index is 0.208. The Balaban J connectivity index is 2.11. The van der Waals surface area contributed by atoms with Gasteiger partial charge in [-0.1, -0.05) is 37.3 Å². The minimum Gasteiger partial charge on any atom is -0.461 e. The van der Waals surface area contributed by atoms with E-state index in [0.717, 1.165) is 12.0 Å². The first-order valence-electron chi connectivity index (χ1n) is 5.60. The lowest BCUT2D eigenvalue weighted by molar-refractivity contribution is -0.146. The summed E-state index contributed by atoms with van der Waals surface area (Å²) in [5, 5.41) is 0. The molecule has 0 aliphatic carbocycles. The smallest absolute Gasteiger partial charge is 0.308 e. The van der Waals surface area contributed by atoms with Gasteiger partial charge in [0.25, 0.3) is 0 Å². The Morgan fingerprint density at radius 2 is 1.94 bits per heavy atom. The molecular weight excluding hydrogens is 204 g/mol. The normalized spacial score (nSPS) is 10.1. The zero-order chi connectivity index (χ0) is 11.6. The van der Waals surface area contributed by atoms with Crippen molar-refractivity contribution in [3.05, 3.63) is 35.9 Å². The van der Waals surface area contributed by atoms with Gasteiger partial charge in [0.2, 0.25) is 0 Å². The number of benzene rings is 1. The summed E-state index contributed by atoms with van der Waals surface area (Å²) in [6.45, 7) is 3.52. The van der Waals surface area contributed by atoms with Crippen molar-refractivity contribution >= 4 is 5.97 Å². The van der Waals surface area contributed by atoms with Crippen LogP contribution in [-0.4, -0.2) is 19.2 Å². The van der Waals surface area contributed by atoms with Gasteiger partial charge in [-0.15, -0.1) is 0 Å². The van der Waals surface area contributed by atoms with Crippen molar-refractivity contribution < 1.29 is 14.3 Å². The number of rotatable bonds is 7. The molecule has 16 heavy (non-hydrogen) atoms. The lowest BCUT2D eigenvalue weighted by Crippen LogP contribution is -2.08. The van der Waals surface area contributed by atoms with Crippen molar-refractivity contribution in [2.24, 2.45) is 0 Å². The molecule has 1 aromatic rings. The summed E-state index contributed by atoms with van der Waals surface area (Å²) in [5.41, 5.74) is 1.00. The van der Waals surface area contributed by atoms with Gasteiger partial charge in [-0.25, -0.2) is 0 Å². The number of hydrogen-bond donors (Lipinski definition) is 0. The Kier molecular flexibility index (Phi) is 6.26. The molecule has 0 aliphatic rings. The Labute approximate surface area is 96.4 Å². The van der Waals surface area contributed by atoms with Gasteiger partial charge in [0.15, 0.2) is 0 Å². The first-order chi connectivity index (χ1) is 7.83. The number of ether oxygens (including phenoxy) is 2. The SMILES string of the molecule is CCCOCCC(=O)OCc1ccccc1. The van der Waals surface area contributed by atoms with E-state index in [9.17, 15) is 4.79 Å². The highest BCUT2D eigenvalue weighted by Crippen LogP contribution is 2.01. The fourth-order valence-electron chi connectivity index (χ4n) is 1.21. The van der Waals surface area contributed by atoms with Gasteiger partial charge in [0, 0.05) is 6.61 Å². The standard InChI is InChI=1S/C13H18O3/c1-2-9-15-10-8-13(14)16-11-12-6-4-3-5-7-12/h3-7H,2,8-11H2,1H3. The van der Waals surface area contributed by atoms with Gasteiger partial charge in [0.05, 0.1) is 13.0 Å². The number of hydrogen-bond acceptors (Lipinski definition) is 3. The Morgan fingerprint density at radius 3 is 2.62 bits per heavy atom. The Morgan fingerprint density at radius 1 is 1.19 bits per heavy atom. The molecule has 0 saturated carbocycles. The zero-order valence-electron chi connectivity index (χ0n) is 9.65. The second-order valence-corrected chi connectivity index (χ2v) is 3.51. The fourth-order valence-corrected chi connectivity index (χ4v) is 1.21. The van der Waals surface area contributed by atoms with E-state index in [4.69, 9.17) is 9.47 Å². The summed E-state index contributed by atoms with van der Waals surface area (Å²) in [6.07, 6.45) is 1.30. The molecule has 3 heteroatoms. The summed E-state index contributed by atoms with van der Waals surface area (Å²) in [5.74, 6) is -0.208. The average Bonchev–Trinajstić information content (AvgIpc) is 2.33. The molecule has 0 aliphatic heterocycles. The lowest BCUT2D eigenvalue weighted by atomic mass is 10.2. The highest BCUT2D eigenvalue weighted by Gasteiger charge is 2.02. The number of esters is 1. The molecule has 1 aromatic carbocycles. The molecule has 0 unspecified atom stereocenters. The van der Waals surface area contributed by atoms with Crippen molar-refractivity contribution in [2.75, 3.05) is 13.2 Å². The molecule has 0 atom stereocenters. The quantitative estimate of drug-likeness (QED) is 0.525. The molecule has 0 bridgehead atoms. The molecule has 0 spiro atoms. The predicted molar refractivity (Wildman–Crippen MR) is 62.0 cm³/mol. The van der Waals surface area contributed by atoms with Gasteiger partial charge in [-0.3, -0.25) is 4.79 Å². The summed E-state index contributed by atoms with van der Waals surface area (Å²) in [6, 6.07) is 9.65. The maximum atomic E-state index is 11.3. The van der Waals surface area contributed by atoms with Crippen molar-refractivity contribution in [3.63, 3.8) is 0 Å². The van der Waals surface area contributed by atoms with E-state index in [2.05, 4.69) is 0 Å². The van der Waals surface area contributed by atoms with Gasteiger partial charge in [0.1, 0.15) is 6.61 Å². The molecule has 0 aromatic heterocycles. The topological polar surface area (TPSA) is 35.5 Å². The summed E-state index contributed by atoms with van der Waals surface area (Å²) in [4.78, 5) is 11.3. The van der Waals surface area contributed by atoms with E-state index >= 15 is 0 Å². The van der Waals surface area contributed by atoms with Crippen molar-refractivity contribution in [3.8, 4) is 0 Å². The fraction of sp³-hybridized carbons (Fsp3) is 0.462. The third kappa shape index (κ3) is 5.51. The average molecular weight is 222 g/mol. The molecule has 0 radical (unpaired) electrons. The highest BCUT2D eigenvalue weighted by molar-refractivity contribution is 5.69. The molecular formula is C13H18O3. The van der Waals surface area contributed by atoms with Gasteiger partial charge in [-0.05, 0) is 12.0 Å². The van der Waals surface area contributed by atoms with E-state index in [1.54, 1.807) is 0 Å². The van der Waals surface area contributed by atoms with Crippen LogP contribution < -0.4 is 0 Å². The molecule has 0 fully saturated rings. The molecule has 0 heterocycles. The van der Waals surface area contributed by atoms with Gasteiger partial charge in [-0.2, -0.15) is 0 Å². The summed E-state index contributed by atoms with van der Waals surface area (Å²) < 4.78 is 10.3. The zero-order valence-corrected chi connectivity index (χ0v) is 9.65. The van der Waals surface area contributed by atoms with E-state index in [1.807, 2.05) is 37.3 Å². The number of carbonyl (C=O) groups excluding carboxylic acids is 1. The van der Waals surface area contributed by atoms with E-state index in [1.165, 1.54) is 0 Å². The summed E-state index contributed by atoms with van der Waals surface area (Å²) >= 11 is 0. The van der Waals surface area contributed by atoms with E-state index in [-0.39, 0.29) is 5.97 Å². The van der Waals surface area contributed by atoms with Gasteiger partial charge < -0.3 is 9.47 Å². The maximum absolute atomic E-state index is 11.3. The highest BCUT2D eigenvalue weighted by atomic mass is 16.5. The molecule has 88 valence electrons. The molecule has 0 amide bonds. The van der Waals surface area contributed by atoms with E-state index < -0.39 is 0 Å². The second-order valence-electron chi connectivity index (χ2n) is 3.51. The molecule has 0 N–H and O–H groups in total. The number of carbonyl (C=O) groups is 1. The third-order valence-electron chi connectivity index (χ3n) is 2.04. The Bertz CT molecular complexity index is 295. The Hall–Kier alpha value is -1.35. The van der Waals surface area contributed by atoms with Crippen LogP contribution in [0.15, 0.2) is 30.3 Å². The van der Waals surface area contributed by atoms with Crippen LogP contribution in [0.3, 0.4) is 0 Å². The molecule has 3 nitrogen and oxygen atoms in total. The van der Waals surface area contributed by atoms with Crippen LogP contribution in [0.25, 0.3) is 0 Å². The molecule has 1 rings (SSSR count). The molecule has 0 saturated heterocycles. The van der Waals surface area contributed by atoms with Crippen LogP contribution in [-0.2, 0) is 20.9 Å². The van der Waals surface area contributed by atoms with Crippen LogP contribution >= 0.6 is 0 Å². The minimum atomic E-state index is -0.208. The largest absolute Gasteiger partial charge is 0.461 e. The third-order valence-corrected chi connectivity index (χ3v) is 2.04. The van der Waals surface area contributed by atoms with Crippen LogP contribution in [0.5, 0.6) is 0 Å². The van der Waals surface area contributed by atoms with Crippen LogP contribution in [0.2, 0.25) is 0 Å². The first-order valence-corrected chi connectivity index (χ1v) is 5.60. The van der Waals surface area contributed by atoms with Crippen molar-refractivity contribution in [1.29, 1.82) is 0 Å². The summed E-state index contributed by atoms with van der Waals surface area (Å²) in [7, 11) is 0. The predicted octanol–water partition coefficient (Wildman–Crippen LogP) is 2.55. The van der Waals surface area contributed by atoms with Crippen LogP contribution in [0.4, 0.5) is 0 Å². The lowest BCUT2D eigenvalue weighted by Gasteiger charge is -2.05.